The summed E-state index contributed by atoms with van der Waals surface area (Å²) in [7, 11) is 0. The second-order valence-corrected chi connectivity index (χ2v) is 4.91. The molecule has 0 aliphatic carbocycles. The molecule has 18 heavy (non-hydrogen) atoms. The molecule has 1 aromatic heterocycles. The molecule has 96 valence electrons. The SMILES string of the molecule is CC(C)OCCn1cc(C=O)c2ccc(Cl)cc21. The number of halogens is 1. The van der Waals surface area contributed by atoms with Gasteiger partial charge in [0.15, 0.2) is 6.29 Å². The van der Waals surface area contributed by atoms with E-state index in [9.17, 15) is 4.79 Å². The van der Waals surface area contributed by atoms with Gasteiger partial charge in [0.25, 0.3) is 0 Å². The molecule has 0 spiro atoms. The summed E-state index contributed by atoms with van der Waals surface area (Å²) in [6.07, 6.45) is 2.93. The molecule has 0 radical (unpaired) electrons. The quantitative estimate of drug-likeness (QED) is 0.775. The minimum absolute atomic E-state index is 0.209. The molecule has 0 aliphatic rings. The van der Waals surface area contributed by atoms with Crippen LogP contribution < -0.4 is 0 Å². The summed E-state index contributed by atoms with van der Waals surface area (Å²) in [6.45, 7) is 5.33. The van der Waals surface area contributed by atoms with E-state index in [0.717, 1.165) is 17.2 Å². The summed E-state index contributed by atoms with van der Waals surface area (Å²) >= 11 is 5.99. The number of hydrogen-bond acceptors (Lipinski definition) is 2. The Morgan fingerprint density at radius 1 is 1.44 bits per heavy atom. The number of hydrogen-bond donors (Lipinski definition) is 0. The Morgan fingerprint density at radius 3 is 2.89 bits per heavy atom. The standard InChI is InChI=1S/C14H16ClNO2/c1-10(2)18-6-5-16-8-11(9-17)13-4-3-12(15)7-14(13)16/h3-4,7-10H,5-6H2,1-2H3. The van der Waals surface area contributed by atoms with Gasteiger partial charge in [0.2, 0.25) is 0 Å². The molecule has 0 bridgehead atoms. The fourth-order valence-electron chi connectivity index (χ4n) is 1.96. The first kappa shape index (κ1) is 13.1. The topological polar surface area (TPSA) is 31.2 Å². The number of aldehydes is 1. The lowest BCUT2D eigenvalue weighted by atomic mass is 10.2. The maximum absolute atomic E-state index is 11.0. The minimum atomic E-state index is 0.209. The molecule has 0 saturated carbocycles. The average molecular weight is 266 g/mol. The van der Waals surface area contributed by atoms with Crippen LogP contribution in [0.4, 0.5) is 0 Å². The van der Waals surface area contributed by atoms with Crippen LogP contribution >= 0.6 is 11.6 Å². The first-order chi connectivity index (χ1) is 8.61. The van der Waals surface area contributed by atoms with Crippen molar-refractivity contribution in [1.82, 2.24) is 4.57 Å². The van der Waals surface area contributed by atoms with Crippen LogP contribution in [0.1, 0.15) is 24.2 Å². The molecular formula is C14H16ClNO2. The van der Waals surface area contributed by atoms with Gasteiger partial charge in [-0.05, 0) is 26.0 Å². The highest BCUT2D eigenvalue weighted by atomic mass is 35.5. The zero-order chi connectivity index (χ0) is 13.1. The molecule has 0 aliphatic heterocycles. The van der Waals surface area contributed by atoms with E-state index in [1.807, 2.05) is 36.7 Å². The van der Waals surface area contributed by atoms with Crippen molar-refractivity contribution < 1.29 is 9.53 Å². The molecule has 0 amide bonds. The van der Waals surface area contributed by atoms with Gasteiger partial charge in [0, 0.05) is 28.7 Å². The van der Waals surface area contributed by atoms with Crippen molar-refractivity contribution in [3.8, 4) is 0 Å². The van der Waals surface area contributed by atoms with Crippen LogP contribution in [0.3, 0.4) is 0 Å². The monoisotopic (exact) mass is 265 g/mol. The van der Waals surface area contributed by atoms with E-state index in [2.05, 4.69) is 0 Å². The van der Waals surface area contributed by atoms with Gasteiger partial charge in [-0.1, -0.05) is 17.7 Å². The van der Waals surface area contributed by atoms with E-state index in [4.69, 9.17) is 16.3 Å². The van der Waals surface area contributed by atoms with Gasteiger partial charge in [0.1, 0.15) is 0 Å². The molecule has 0 unspecified atom stereocenters. The molecular weight excluding hydrogens is 250 g/mol. The van der Waals surface area contributed by atoms with Crippen molar-refractivity contribution in [2.45, 2.75) is 26.5 Å². The lowest BCUT2D eigenvalue weighted by molar-refractivity contribution is 0.0733. The smallest absolute Gasteiger partial charge is 0.152 e. The lowest BCUT2D eigenvalue weighted by Crippen LogP contribution is -2.09. The van der Waals surface area contributed by atoms with E-state index in [1.165, 1.54) is 0 Å². The van der Waals surface area contributed by atoms with Crippen molar-refractivity contribution >= 4 is 28.8 Å². The van der Waals surface area contributed by atoms with Gasteiger partial charge in [-0.2, -0.15) is 0 Å². The van der Waals surface area contributed by atoms with Crippen LogP contribution in [-0.4, -0.2) is 23.6 Å². The number of fused-ring (bicyclic) bond motifs is 1. The number of carbonyl (C=O) groups excluding carboxylic acids is 1. The van der Waals surface area contributed by atoms with Gasteiger partial charge in [-0.3, -0.25) is 4.79 Å². The number of nitrogens with zero attached hydrogens (tertiary/aromatic N) is 1. The summed E-state index contributed by atoms with van der Waals surface area (Å²) in [6, 6.07) is 5.55. The third-order valence-electron chi connectivity index (χ3n) is 2.79. The van der Waals surface area contributed by atoms with E-state index < -0.39 is 0 Å². The largest absolute Gasteiger partial charge is 0.377 e. The summed E-state index contributed by atoms with van der Waals surface area (Å²) in [5.41, 5.74) is 1.66. The Hall–Kier alpha value is -1.32. The molecule has 2 aromatic rings. The Balaban J connectivity index is 2.31. The number of benzene rings is 1. The van der Waals surface area contributed by atoms with Crippen LogP contribution in [0.25, 0.3) is 10.9 Å². The highest BCUT2D eigenvalue weighted by molar-refractivity contribution is 6.31. The van der Waals surface area contributed by atoms with Crippen molar-refractivity contribution in [3.05, 3.63) is 35.0 Å². The molecule has 4 heteroatoms. The van der Waals surface area contributed by atoms with Crippen LogP contribution in [0.2, 0.25) is 5.02 Å². The van der Waals surface area contributed by atoms with Crippen LogP contribution in [0, 0.1) is 0 Å². The highest BCUT2D eigenvalue weighted by Crippen LogP contribution is 2.23. The first-order valence-electron chi connectivity index (χ1n) is 5.97. The predicted molar refractivity (Wildman–Crippen MR) is 73.4 cm³/mol. The Kier molecular flexibility index (Phi) is 4.04. The van der Waals surface area contributed by atoms with Crippen molar-refractivity contribution in [3.63, 3.8) is 0 Å². The molecule has 0 saturated heterocycles. The molecule has 0 atom stereocenters. The molecule has 1 heterocycles. The highest BCUT2D eigenvalue weighted by Gasteiger charge is 2.08. The van der Waals surface area contributed by atoms with Gasteiger partial charge in [-0.15, -0.1) is 0 Å². The van der Waals surface area contributed by atoms with Gasteiger partial charge in [-0.25, -0.2) is 0 Å². The van der Waals surface area contributed by atoms with Gasteiger partial charge < -0.3 is 9.30 Å². The van der Waals surface area contributed by atoms with Crippen LogP contribution in [0.5, 0.6) is 0 Å². The number of ether oxygens (including phenoxy) is 1. The third kappa shape index (κ3) is 2.74. The van der Waals surface area contributed by atoms with E-state index in [0.29, 0.717) is 23.7 Å². The Morgan fingerprint density at radius 2 is 2.22 bits per heavy atom. The maximum atomic E-state index is 11.0. The summed E-state index contributed by atoms with van der Waals surface area (Å²) in [4.78, 5) is 11.0. The van der Waals surface area contributed by atoms with E-state index in [1.54, 1.807) is 6.07 Å². The fourth-order valence-corrected chi connectivity index (χ4v) is 2.13. The zero-order valence-electron chi connectivity index (χ0n) is 10.5. The van der Waals surface area contributed by atoms with Gasteiger partial charge in [0.05, 0.1) is 18.2 Å². The van der Waals surface area contributed by atoms with Gasteiger partial charge >= 0.3 is 0 Å². The Labute approximate surface area is 111 Å². The molecule has 1 aromatic carbocycles. The number of carbonyl (C=O) groups is 1. The maximum Gasteiger partial charge on any atom is 0.152 e. The second kappa shape index (κ2) is 5.55. The first-order valence-corrected chi connectivity index (χ1v) is 6.35. The van der Waals surface area contributed by atoms with Crippen molar-refractivity contribution in [1.29, 1.82) is 0 Å². The fraction of sp³-hybridized carbons (Fsp3) is 0.357. The number of aromatic nitrogens is 1. The van der Waals surface area contributed by atoms with Crippen LogP contribution in [-0.2, 0) is 11.3 Å². The number of rotatable bonds is 5. The molecule has 3 nitrogen and oxygen atoms in total. The molecule has 2 rings (SSSR count). The predicted octanol–water partition coefficient (Wildman–Crippen LogP) is 3.53. The average Bonchev–Trinajstić information content (AvgIpc) is 2.66. The molecule has 0 N–H and O–H groups in total. The molecule has 0 fully saturated rings. The summed E-state index contributed by atoms with van der Waals surface area (Å²) < 4.78 is 7.53. The summed E-state index contributed by atoms with van der Waals surface area (Å²) in [5.74, 6) is 0. The normalized spacial score (nSPS) is 11.3. The van der Waals surface area contributed by atoms with Crippen molar-refractivity contribution in [2.75, 3.05) is 6.61 Å². The Bertz CT molecular complexity index is 560. The lowest BCUT2D eigenvalue weighted by Gasteiger charge is -2.09. The third-order valence-corrected chi connectivity index (χ3v) is 3.02. The van der Waals surface area contributed by atoms with Crippen molar-refractivity contribution in [2.24, 2.45) is 0 Å². The van der Waals surface area contributed by atoms with E-state index >= 15 is 0 Å². The minimum Gasteiger partial charge on any atom is -0.377 e. The zero-order valence-corrected chi connectivity index (χ0v) is 11.3. The second-order valence-electron chi connectivity index (χ2n) is 4.48. The van der Waals surface area contributed by atoms with Crippen LogP contribution in [0.15, 0.2) is 24.4 Å². The van der Waals surface area contributed by atoms with E-state index in [-0.39, 0.29) is 6.10 Å². The summed E-state index contributed by atoms with van der Waals surface area (Å²) in [5, 5.41) is 1.60.